The van der Waals surface area contributed by atoms with Crippen LogP contribution in [0.25, 0.3) is 0 Å². The van der Waals surface area contributed by atoms with Crippen molar-refractivity contribution in [1.82, 2.24) is 0 Å². The molecule has 0 amide bonds. The van der Waals surface area contributed by atoms with Crippen molar-refractivity contribution in [3.8, 4) is 0 Å². The van der Waals surface area contributed by atoms with Gasteiger partial charge in [-0.25, -0.2) is 0 Å². The van der Waals surface area contributed by atoms with Gasteiger partial charge in [0.15, 0.2) is 11.6 Å². The molecule has 6 aliphatic heterocycles. The third-order valence-electron chi connectivity index (χ3n) is 14.4. The molecule has 0 radical (unpaired) electrons. The van der Waals surface area contributed by atoms with E-state index in [0.717, 1.165) is 51.4 Å². The molecule has 6 aliphatic rings. The van der Waals surface area contributed by atoms with Crippen molar-refractivity contribution in [2.24, 2.45) is 41.4 Å². The molecule has 0 aliphatic carbocycles. The highest BCUT2D eigenvalue weighted by Gasteiger charge is 2.65. The summed E-state index contributed by atoms with van der Waals surface area (Å²) in [5, 5.41) is 30.7. The monoisotopic (exact) mass is 724 g/mol. The molecule has 11 nitrogen and oxygen atoms in total. The summed E-state index contributed by atoms with van der Waals surface area (Å²) < 4.78 is 47.0. The summed E-state index contributed by atoms with van der Waals surface area (Å²) in [6, 6.07) is 0. The van der Waals surface area contributed by atoms with Gasteiger partial charge in [-0.1, -0.05) is 41.5 Å². The molecule has 0 saturated carbocycles. The van der Waals surface area contributed by atoms with Crippen LogP contribution in [0.3, 0.4) is 0 Å². The molecule has 6 saturated heterocycles. The molecule has 51 heavy (non-hydrogen) atoms. The zero-order valence-corrected chi connectivity index (χ0v) is 32.8. The summed E-state index contributed by atoms with van der Waals surface area (Å²) in [6.07, 6.45) is 5.85. The summed E-state index contributed by atoms with van der Waals surface area (Å²) in [5.74, 6) is -3.26. The lowest BCUT2D eigenvalue weighted by Crippen LogP contribution is -2.58. The summed E-state index contributed by atoms with van der Waals surface area (Å²) >= 11 is 0. The molecule has 0 aromatic heterocycles. The van der Waals surface area contributed by atoms with E-state index in [1.807, 2.05) is 6.92 Å². The van der Waals surface area contributed by atoms with E-state index in [-0.39, 0.29) is 84.3 Å². The van der Waals surface area contributed by atoms with E-state index >= 15 is 0 Å². The second-order valence-corrected chi connectivity index (χ2v) is 18.4. The number of carbonyl (C=O) groups is 1. The molecule has 0 aromatic rings. The quantitative estimate of drug-likeness (QED) is 0.269. The maximum atomic E-state index is 11.8. The summed E-state index contributed by atoms with van der Waals surface area (Å²) in [5.41, 5.74) is -1.10. The van der Waals surface area contributed by atoms with Gasteiger partial charge in [-0.15, -0.1) is 0 Å². The number of ether oxygens (including phenoxy) is 7. The van der Waals surface area contributed by atoms with Crippen LogP contribution in [0.1, 0.15) is 120 Å². The highest BCUT2D eigenvalue weighted by Crippen LogP contribution is 2.57. The zero-order chi connectivity index (χ0) is 37.3. The molecule has 8 unspecified atom stereocenters. The van der Waals surface area contributed by atoms with Crippen LogP contribution in [0.15, 0.2) is 0 Å². The highest BCUT2D eigenvalue weighted by atomic mass is 16.7. The van der Waals surface area contributed by atoms with Gasteiger partial charge in [0.1, 0.15) is 0 Å². The second-order valence-electron chi connectivity index (χ2n) is 18.4. The largest absolute Gasteiger partial charge is 0.481 e. The average molecular weight is 725 g/mol. The number of carboxylic acids is 1. The third-order valence-corrected chi connectivity index (χ3v) is 14.4. The van der Waals surface area contributed by atoms with Crippen molar-refractivity contribution in [2.75, 3.05) is 13.7 Å². The lowest BCUT2D eigenvalue weighted by atomic mass is 9.78. The van der Waals surface area contributed by atoms with Gasteiger partial charge in [-0.05, 0) is 83.5 Å². The molecule has 1 spiro atoms. The predicted octanol–water partition coefficient (Wildman–Crippen LogP) is 5.71. The first-order valence-corrected chi connectivity index (χ1v) is 20.0. The van der Waals surface area contributed by atoms with Gasteiger partial charge in [-0.3, -0.25) is 4.79 Å². The Kier molecular flexibility index (Phi) is 11.4. The molecule has 6 rings (SSSR count). The maximum absolute atomic E-state index is 11.8. The zero-order valence-electron chi connectivity index (χ0n) is 32.8. The smallest absolute Gasteiger partial charge is 0.308 e. The Morgan fingerprint density at radius 2 is 1.59 bits per heavy atom. The molecule has 11 heteroatoms. The van der Waals surface area contributed by atoms with Crippen LogP contribution in [-0.2, 0) is 38.0 Å². The summed E-state index contributed by atoms with van der Waals surface area (Å²) in [4.78, 5) is 11.8. The topological polar surface area (TPSA) is 142 Å². The summed E-state index contributed by atoms with van der Waals surface area (Å²) in [6.45, 7) is 18.4. The minimum Gasteiger partial charge on any atom is -0.481 e. The van der Waals surface area contributed by atoms with E-state index in [2.05, 4.69) is 48.5 Å². The molecule has 294 valence electrons. The molecule has 6 fully saturated rings. The van der Waals surface area contributed by atoms with Crippen LogP contribution in [0.5, 0.6) is 0 Å². The number of methoxy groups -OCH3 is 1. The van der Waals surface area contributed by atoms with Crippen molar-refractivity contribution < 1.29 is 53.3 Å². The normalized spacial score (nSPS) is 54.2. The van der Waals surface area contributed by atoms with Crippen LogP contribution in [-0.4, -0.2) is 107 Å². The van der Waals surface area contributed by atoms with Crippen LogP contribution < -0.4 is 0 Å². The van der Waals surface area contributed by atoms with Crippen LogP contribution in [0, 0.1) is 41.4 Å². The fraction of sp³-hybridized carbons (Fsp3) is 0.975. The maximum Gasteiger partial charge on any atom is 0.308 e. The van der Waals surface area contributed by atoms with E-state index in [1.165, 1.54) is 0 Å². The van der Waals surface area contributed by atoms with Gasteiger partial charge in [0, 0.05) is 37.7 Å². The van der Waals surface area contributed by atoms with Gasteiger partial charge in [0.2, 0.25) is 0 Å². The number of hydrogen-bond acceptors (Lipinski definition) is 10. The van der Waals surface area contributed by atoms with Gasteiger partial charge in [0.25, 0.3) is 0 Å². The van der Waals surface area contributed by atoms with E-state index < -0.39 is 41.3 Å². The number of aliphatic carboxylic acids is 1. The lowest BCUT2D eigenvalue weighted by Gasteiger charge is -2.50. The van der Waals surface area contributed by atoms with E-state index in [0.29, 0.717) is 6.42 Å². The standard InChI is InChI=1S/C40H68O11/c1-21-11-12-28(46-33(21)26(6)36(42)43)17-29-18-30(45-10)27(7)40(48-29)25(5)19-38(9,51-40)32-13-14-37(8,49-32)35-23(3)16-31(47-35)34-22(2)15-24(4)39(44,20-41)50-34/h21-35,41,44H,11-20H2,1-10H3,(H,42,43)/t21-,22-,23-,24+,25?,26?,27+,28+,29+,30+,31?,32?,33?,34-,35?,37?,38?,39-,40+/m0/s1. The van der Waals surface area contributed by atoms with Crippen molar-refractivity contribution in [1.29, 1.82) is 0 Å². The number of carboxylic acid groups (broad SMARTS) is 1. The van der Waals surface area contributed by atoms with Crippen LogP contribution in [0.2, 0.25) is 0 Å². The minimum absolute atomic E-state index is 0.00727. The first-order valence-electron chi connectivity index (χ1n) is 20.0. The minimum atomic E-state index is -1.55. The predicted molar refractivity (Wildman–Crippen MR) is 189 cm³/mol. The van der Waals surface area contributed by atoms with E-state index in [4.69, 9.17) is 33.2 Å². The van der Waals surface area contributed by atoms with Crippen molar-refractivity contribution in [3.63, 3.8) is 0 Å². The van der Waals surface area contributed by atoms with Crippen LogP contribution >= 0.6 is 0 Å². The fourth-order valence-corrected chi connectivity index (χ4v) is 11.3. The number of aliphatic hydroxyl groups is 2. The van der Waals surface area contributed by atoms with E-state index in [9.17, 15) is 20.1 Å². The van der Waals surface area contributed by atoms with Crippen molar-refractivity contribution in [3.05, 3.63) is 0 Å². The Labute approximate surface area is 305 Å². The summed E-state index contributed by atoms with van der Waals surface area (Å²) in [7, 11) is 1.77. The van der Waals surface area contributed by atoms with E-state index in [1.54, 1.807) is 14.0 Å². The van der Waals surface area contributed by atoms with Gasteiger partial charge in [0.05, 0.1) is 72.6 Å². The molecular weight excluding hydrogens is 656 g/mol. The lowest BCUT2D eigenvalue weighted by molar-refractivity contribution is -0.353. The van der Waals surface area contributed by atoms with Crippen LogP contribution in [0.4, 0.5) is 0 Å². The Morgan fingerprint density at radius 3 is 2.25 bits per heavy atom. The Bertz CT molecular complexity index is 1230. The third kappa shape index (κ3) is 7.19. The number of aliphatic hydroxyl groups excluding tert-OH is 1. The highest BCUT2D eigenvalue weighted by molar-refractivity contribution is 5.70. The number of rotatable bonds is 9. The molecule has 0 aromatic carbocycles. The first-order chi connectivity index (χ1) is 23.9. The molecule has 19 atom stereocenters. The van der Waals surface area contributed by atoms with Gasteiger partial charge < -0.3 is 48.5 Å². The first kappa shape index (κ1) is 39.8. The van der Waals surface area contributed by atoms with Gasteiger partial charge >= 0.3 is 5.97 Å². The molecule has 0 bridgehead atoms. The second kappa shape index (κ2) is 14.6. The molecular formula is C40H68O11. The van der Waals surface area contributed by atoms with Crippen molar-refractivity contribution in [2.45, 2.75) is 192 Å². The number of hydrogen-bond donors (Lipinski definition) is 3. The van der Waals surface area contributed by atoms with Gasteiger partial charge in [-0.2, -0.15) is 0 Å². The average Bonchev–Trinajstić information content (AvgIpc) is 3.75. The van der Waals surface area contributed by atoms with Crippen molar-refractivity contribution >= 4 is 5.97 Å². The SMILES string of the molecule is CO[C@@H]1C[C@@H](C[C@H]2CC[C@H](C)C(C(C)C(=O)O)O2)O[C@]2(OC(C)(C3CCC(C)(C4OC([C@H]5O[C@@](O)(CO)[C@H](C)C[C@@H]5C)C[C@@H]4C)O3)CC2C)[C@@H]1C. The molecule has 6 heterocycles. The molecule has 3 N–H and O–H groups in total. The Morgan fingerprint density at radius 1 is 0.863 bits per heavy atom. The Balaban J connectivity index is 1.13. The Hall–Kier alpha value is -0.890. The fourth-order valence-electron chi connectivity index (χ4n) is 11.3.